The van der Waals surface area contributed by atoms with Gasteiger partial charge in [-0.15, -0.1) is 0 Å². The van der Waals surface area contributed by atoms with E-state index in [-0.39, 0.29) is 54.9 Å². The van der Waals surface area contributed by atoms with Crippen LogP contribution in [0.25, 0.3) is 44.3 Å². The Morgan fingerprint density at radius 1 is 0.797 bits per heavy atom. The number of carbonyl (C=O) groups excluding carboxylic acids is 5. The van der Waals surface area contributed by atoms with Crippen LogP contribution in [0.15, 0.2) is 103 Å². The van der Waals surface area contributed by atoms with E-state index in [1.807, 2.05) is 73.8 Å². The summed E-state index contributed by atoms with van der Waals surface area (Å²) in [4.78, 5) is 74.4. The topological polar surface area (TPSA) is 162 Å². The zero-order valence-electron chi connectivity index (χ0n) is 32.6. The number of aromatic nitrogens is 2. The number of anilines is 2. The van der Waals surface area contributed by atoms with Gasteiger partial charge in [0.15, 0.2) is 0 Å². The van der Waals surface area contributed by atoms with Crippen molar-refractivity contribution in [3.63, 3.8) is 0 Å². The van der Waals surface area contributed by atoms with Crippen molar-refractivity contribution in [2.24, 2.45) is 0 Å². The van der Waals surface area contributed by atoms with Crippen molar-refractivity contribution in [3.8, 4) is 33.5 Å². The summed E-state index contributed by atoms with van der Waals surface area (Å²) < 4.78 is 0. The summed E-state index contributed by atoms with van der Waals surface area (Å²) in [6.07, 6.45) is 5.22. The number of rotatable bonds is 8. The summed E-state index contributed by atoms with van der Waals surface area (Å²) in [6, 6.07) is 28.5. The molecule has 59 heavy (non-hydrogen) atoms. The minimum atomic E-state index is -0.693. The lowest BCUT2D eigenvalue weighted by Crippen LogP contribution is -2.52. The van der Waals surface area contributed by atoms with Gasteiger partial charge in [0, 0.05) is 66.4 Å². The van der Waals surface area contributed by atoms with Crippen LogP contribution in [0, 0.1) is 0 Å². The van der Waals surface area contributed by atoms with E-state index in [0.717, 1.165) is 78.8 Å². The first-order valence-corrected chi connectivity index (χ1v) is 19.9. The fourth-order valence-corrected chi connectivity index (χ4v) is 8.37. The van der Waals surface area contributed by atoms with Crippen LogP contribution in [0.4, 0.5) is 11.4 Å². The highest BCUT2D eigenvalue weighted by molar-refractivity contribution is 6.07. The molecular weight excluding hydrogens is 743 g/mol. The molecule has 5 heterocycles. The molecule has 6 aromatic rings. The molecule has 294 valence electrons. The third kappa shape index (κ3) is 7.18. The quantitative estimate of drug-likeness (QED) is 0.120. The van der Waals surface area contributed by atoms with Gasteiger partial charge in [0.05, 0.1) is 17.1 Å². The molecule has 1 unspecified atom stereocenters. The normalized spacial score (nSPS) is 17.4. The maximum Gasteiger partial charge on any atom is 0.270 e. The summed E-state index contributed by atoms with van der Waals surface area (Å²) in [7, 11) is 0. The van der Waals surface area contributed by atoms with Crippen LogP contribution in [-0.4, -0.2) is 56.5 Å². The van der Waals surface area contributed by atoms with Crippen LogP contribution in [0.1, 0.15) is 70.6 Å². The average Bonchev–Trinajstić information content (AvgIpc) is 3.49. The van der Waals surface area contributed by atoms with Crippen molar-refractivity contribution in [2.75, 3.05) is 10.6 Å². The Labute approximate surface area is 340 Å². The standard InChI is InChI=1S/C47H41N7O5/c1-3-27-19-35(44-40(20-27)52-43(56)17-26(2)51-44)33-11-5-9-30-21-39(49-24-36(30)33)31-13-14-38(48-23-31)45(57)50-22-28-7-4-8-29(18-28)32-10-6-12-34-37(32)25-54(47(34)59)41-15-16-42(55)53-46(41)58/h4-14,18-21,23-24,26,41,51H,3,15-17,22,25H2,1-2H3,(H,50,57)(H,52,56)(H,53,55,58)/t26-,41?/m1/s1. The number of amides is 5. The molecule has 0 radical (unpaired) electrons. The molecule has 12 nitrogen and oxygen atoms in total. The predicted octanol–water partition coefficient (Wildman–Crippen LogP) is 7.03. The number of hydrogen-bond donors (Lipinski definition) is 4. The first-order valence-electron chi connectivity index (χ1n) is 19.9. The van der Waals surface area contributed by atoms with Gasteiger partial charge in [0.1, 0.15) is 11.7 Å². The smallest absolute Gasteiger partial charge is 0.270 e. The van der Waals surface area contributed by atoms with Gasteiger partial charge in [-0.2, -0.15) is 0 Å². The molecule has 4 aromatic carbocycles. The Morgan fingerprint density at radius 3 is 2.42 bits per heavy atom. The Balaban J connectivity index is 0.899. The van der Waals surface area contributed by atoms with Gasteiger partial charge in [0.2, 0.25) is 17.7 Å². The van der Waals surface area contributed by atoms with E-state index in [4.69, 9.17) is 4.98 Å². The second-order valence-electron chi connectivity index (χ2n) is 15.4. The Bertz CT molecular complexity index is 2730. The van der Waals surface area contributed by atoms with Crippen molar-refractivity contribution in [2.45, 2.75) is 64.7 Å². The number of carbonyl (C=O) groups is 5. The molecule has 0 bridgehead atoms. The zero-order chi connectivity index (χ0) is 40.8. The Morgan fingerprint density at radius 2 is 1.61 bits per heavy atom. The monoisotopic (exact) mass is 783 g/mol. The summed E-state index contributed by atoms with van der Waals surface area (Å²) >= 11 is 0. The Kier molecular flexibility index (Phi) is 9.68. The van der Waals surface area contributed by atoms with Gasteiger partial charge >= 0.3 is 0 Å². The van der Waals surface area contributed by atoms with E-state index in [9.17, 15) is 24.0 Å². The van der Waals surface area contributed by atoms with E-state index in [1.165, 1.54) is 0 Å². The maximum atomic E-state index is 13.4. The van der Waals surface area contributed by atoms with Gasteiger partial charge < -0.3 is 20.9 Å². The summed E-state index contributed by atoms with van der Waals surface area (Å²) in [6.45, 7) is 4.63. The first kappa shape index (κ1) is 37.4. The zero-order valence-corrected chi connectivity index (χ0v) is 32.6. The molecule has 5 amide bonds. The molecule has 4 N–H and O–H groups in total. The maximum absolute atomic E-state index is 13.4. The van der Waals surface area contributed by atoms with E-state index in [2.05, 4.69) is 51.4 Å². The number of pyridine rings is 2. The van der Waals surface area contributed by atoms with Crippen LogP contribution in [-0.2, 0) is 33.9 Å². The SMILES string of the molecule is CCc1cc2c(c(-c3cccc4cc(-c5ccc(C(=O)NCc6cccc(-c7cccc8c7CN(C7CCC(=O)NC7=O)C8=O)c6)nc5)ncc34)c1)N[C@H](C)CC(=O)N2. The highest BCUT2D eigenvalue weighted by Crippen LogP contribution is 2.41. The third-order valence-corrected chi connectivity index (χ3v) is 11.4. The van der Waals surface area contributed by atoms with Crippen molar-refractivity contribution in [3.05, 3.63) is 131 Å². The molecule has 1 fully saturated rings. The fourth-order valence-electron chi connectivity index (χ4n) is 8.37. The molecule has 3 aliphatic heterocycles. The lowest BCUT2D eigenvalue weighted by molar-refractivity contribution is -0.137. The number of fused-ring (bicyclic) bond motifs is 3. The molecule has 0 spiro atoms. The number of benzene rings is 4. The second-order valence-corrected chi connectivity index (χ2v) is 15.4. The van der Waals surface area contributed by atoms with Crippen LogP contribution in [0.5, 0.6) is 0 Å². The molecule has 1 saturated heterocycles. The number of piperidine rings is 1. The van der Waals surface area contributed by atoms with Crippen LogP contribution in [0.3, 0.4) is 0 Å². The average molecular weight is 784 g/mol. The molecule has 12 heteroatoms. The van der Waals surface area contributed by atoms with E-state index in [1.54, 1.807) is 23.2 Å². The number of nitrogens with zero attached hydrogens (tertiary/aromatic N) is 3. The first-order chi connectivity index (χ1) is 28.6. The lowest BCUT2D eigenvalue weighted by Gasteiger charge is -2.29. The number of hydrogen-bond acceptors (Lipinski definition) is 8. The number of imide groups is 1. The number of aryl methyl sites for hydroxylation is 1. The molecule has 9 rings (SSSR count). The second kappa shape index (κ2) is 15.3. The van der Waals surface area contributed by atoms with Gasteiger partial charge in [0.25, 0.3) is 11.8 Å². The van der Waals surface area contributed by atoms with E-state index >= 15 is 0 Å². The Hall–Kier alpha value is -7.21. The highest BCUT2D eigenvalue weighted by Gasteiger charge is 2.40. The predicted molar refractivity (Wildman–Crippen MR) is 225 cm³/mol. The molecule has 0 saturated carbocycles. The van der Waals surface area contributed by atoms with Gasteiger partial charge in [-0.25, -0.2) is 0 Å². The molecular formula is C47H41N7O5. The minimum Gasteiger partial charge on any atom is -0.380 e. The van der Waals surface area contributed by atoms with E-state index < -0.39 is 11.9 Å². The molecule has 2 aromatic heterocycles. The number of nitrogens with one attached hydrogen (secondary N) is 4. The minimum absolute atomic E-state index is 0.00932. The lowest BCUT2D eigenvalue weighted by atomic mass is 9.94. The van der Waals surface area contributed by atoms with E-state index in [0.29, 0.717) is 18.4 Å². The molecule has 3 aliphatic rings. The molecule has 2 atom stereocenters. The van der Waals surface area contributed by atoms with Crippen LogP contribution >= 0.6 is 0 Å². The van der Waals surface area contributed by atoms with Gasteiger partial charge in [-0.05, 0) is 101 Å². The van der Waals surface area contributed by atoms with Crippen molar-refractivity contribution in [1.29, 1.82) is 0 Å². The summed E-state index contributed by atoms with van der Waals surface area (Å²) in [5, 5.41) is 14.0. The summed E-state index contributed by atoms with van der Waals surface area (Å²) in [5.74, 6) is -1.32. The largest absolute Gasteiger partial charge is 0.380 e. The van der Waals surface area contributed by atoms with Crippen LogP contribution < -0.4 is 21.3 Å². The van der Waals surface area contributed by atoms with Crippen molar-refractivity contribution in [1.82, 2.24) is 25.5 Å². The van der Waals surface area contributed by atoms with Gasteiger partial charge in [-0.1, -0.05) is 55.5 Å². The summed E-state index contributed by atoms with van der Waals surface area (Å²) in [5.41, 5.74) is 10.6. The third-order valence-electron chi connectivity index (χ3n) is 11.4. The van der Waals surface area contributed by atoms with Gasteiger partial charge in [-0.3, -0.25) is 39.3 Å². The fraction of sp³-hybridized carbons (Fsp3) is 0.213. The highest BCUT2D eigenvalue weighted by atomic mass is 16.2. The van der Waals surface area contributed by atoms with Crippen molar-refractivity contribution >= 4 is 51.7 Å². The van der Waals surface area contributed by atoms with Crippen LogP contribution in [0.2, 0.25) is 0 Å². The molecule has 0 aliphatic carbocycles. The van der Waals surface area contributed by atoms with Crippen molar-refractivity contribution < 1.29 is 24.0 Å².